The van der Waals surface area contributed by atoms with Crippen LogP contribution in [0.2, 0.25) is 0 Å². The van der Waals surface area contributed by atoms with E-state index in [9.17, 15) is 9.59 Å². The first-order valence-electron chi connectivity index (χ1n) is 20.0. The number of fused-ring (bicyclic) bond motifs is 8. The molecule has 10 heterocycles. The van der Waals surface area contributed by atoms with Crippen LogP contribution in [0.1, 0.15) is 51.0 Å². The Morgan fingerprint density at radius 3 is 1.91 bits per heavy atom. The molecule has 6 aliphatic rings. The summed E-state index contributed by atoms with van der Waals surface area (Å²) in [5.41, 5.74) is 2.24. The van der Waals surface area contributed by atoms with Gasteiger partial charge in [0.25, 0.3) is 0 Å². The molecule has 306 valence electrons. The average Bonchev–Trinajstić information content (AvgIpc) is 3.82. The normalized spacial score (nSPS) is 25.3. The molecule has 6 atom stereocenters. The van der Waals surface area contributed by atoms with Crippen LogP contribution in [-0.4, -0.2) is 136 Å². The Kier molecular flexibility index (Phi) is 11.4. The summed E-state index contributed by atoms with van der Waals surface area (Å²) in [6, 6.07) is 8.98. The van der Waals surface area contributed by atoms with Gasteiger partial charge in [0.2, 0.25) is 0 Å². The van der Waals surface area contributed by atoms with Crippen LogP contribution >= 0.6 is 0 Å². The van der Waals surface area contributed by atoms with Gasteiger partial charge in [0.05, 0.1) is 54.2 Å². The Bertz CT molecular complexity index is 2050. The minimum absolute atomic E-state index is 0.0301. The Morgan fingerprint density at radius 2 is 1.31 bits per heavy atom. The summed E-state index contributed by atoms with van der Waals surface area (Å²) in [5, 5.41) is 14.7. The average molecular weight is 794 g/mol. The topological polar surface area (TPSA) is 190 Å². The number of anilines is 7. The van der Waals surface area contributed by atoms with Crippen molar-refractivity contribution >= 4 is 52.5 Å². The van der Waals surface area contributed by atoms with Gasteiger partial charge in [-0.05, 0) is 64.8 Å². The van der Waals surface area contributed by atoms with E-state index in [4.69, 9.17) is 24.5 Å². The van der Waals surface area contributed by atoms with Crippen molar-refractivity contribution < 1.29 is 24.2 Å². The van der Waals surface area contributed by atoms with Crippen LogP contribution in [-0.2, 0) is 9.47 Å². The van der Waals surface area contributed by atoms with E-state index in [1.807, 2.05) is 0 Å². The highest BCUT2D eigenvalue weighted by Crippen LogP contribution is 2.41. The predicted molar refractivity (Wildman–Crippen MR) is 220 cm³/mol. The maximum atomic E-state index is 13.2. The zero-order valence-electron chi connectivity index (χ0n) is 33.3. The number of nitrogens with zero attached hydrogens (tertiary/aromatic N) is 11. The summed E-state index contributed by atoms with van der Waals surface area (Å²) in [5.74, 6) is 3.10. The van der Waals surface area contributed by atoms with Gasteiger partial charge in [-0.25, -0.2) is 29.5 Å². The second-order valence-electron chi connectivity index (χ2n) is 15.6. The van der Waals surface area contributed by atoms with Gasteiger partial charge in [-0.2, -0.15) is 0 Å². The van der Waals surface area contributed by atoms with E-state index in [-0.39, 0.29) is 42.2 Å². The standard InChI is InChI=1S/C20H25N7O2.C15H22N4O.C5H4N2O2/c1-13-10-26(11-14(2)29-13)18-4-3-16-19(24-18)27(15-5-8-25(16)12-15)20(28)23-17-9-21-6-7-22-17;1-10-7-19(8-11(2)20-10)14-4-3-13-15(17-14)16-12-5-6-18(13)9-12;8-5(9)4-3-6-1-2-7-4/h3-4,6-7,9,13-15H,5,8,10-12H2,1-2H3,(H,22,23,28);3-4,10-12H,5-9H2,1-2H3,(H,16,17);1-3H,(H,8,9)/t13-,14+,15-;10-,11+,12-;/m00./s1. The molecule has 18 nitrogen and oxygen atoms in total. The quantitative estimate of drug-likeness (QED) is 0.269. The zero-order valence-corrected chi connectivity index (χ0v) is 33.3. The van der Waals surface area contributed by atoms with Crippen LogP contribution in [0.15, 0.2) is 61.4 Å². The van der Waals surface area contributed by atoms with E-state index in [0.29, 0.717) is 17.7 Å². The summed E-state index contributed by atoms with van der Waals surface area (Å²) in [4.78, 5) is 59.5. The highest BCUT2D eigenvalue weighted by Gasteiger charge is 2.41. The smallest absolute Gasteiger partial charge is 0.356 e. The fourth-order valence-electron chi connectivity index (χ4n) is 8.58. The highest BCUT2D eigenvalue weighted by atomic mass is 16.5. The molecule has 4 aromatic rings. The SMILES string of the molecule is C[C@@H]1CN(c2ccc3c(n2)N(C(=O)Nc2cnccn2)[C@H]2CCN3C2)C[C@H](C)O1.C[C@@H]1CN(c2ccc3c(n2)N[C@H]2CCN3C2)C[C@H](C)O1.O=C(O)c1cnccn1. The third kappa shape index (κ3) is 8.67. The van der Waals surface area contributed by atoms with Crippen molar-refractivity contribution in [3.8, 4) is 0 Å². The lowest BCUT2D eigenvalue weighted by Crippen LogP contribution is -2.49. The van der Waals surface area contributed by atoms with E-state index in [2.05, 4.69) is 102 Å². The van der Waals surface area contributed by atoms with E-state index in [0.717, 1.165) is 81.9 Å². The molecule has 6 aliphatic heterocycles. The fraction of sp³-hybridized carbons (Fsp3) is 0.500. The lowest BCUT2D eigenvalue weighted by atomic mass is 10.1. The molecular formula is C40H51N13O5. The van der Waals surface area contributed by atoms with Crippen LogP contribution in [0.4, 0.5) is 45.3 Å². The molecule has 3 N–H and O–H groups in total. The largest absolute Gasteiger partial charge is 0.476 e. The van der Waals surface area contributed by atoms with Crippen molar-refractivity contribution in [1.29, 1.82) is 0 Å². The van der Waals surface area contributed by atoms with Crippen molar-refractivity contribution in [2.45, 2.75) is 77.0 Å². The molecule has 0 saturated carbocycles. The summed E-state index contributed by atoms with van der Waals surface area (Å²) >= 11 is 0. The van der Waals surface area contributed by atoms with E-state index < -0.39 is 5.97 Å². The van der Waals surface area contributed by atoms with Gasteiger partial charge in [-0.3, -0.25) is 20.2 Å². The minimum atomic E-state index is -1.05. The third-order valence-corrected chi connectivity index (χ3v) is 11.0. The van der Waals surface area contributed by atoms with Gasteiger partial charge in [0, 0.05) is 83.2 Å². The van der Waals surface area contributed by atoms with E-state index in [1.165, 1.54) is 30.7 Å². The summed E-state index contributed by atoms with van der Waals surface area (Å²) in [6.45, 7) is 15.9. The molecule has 0 radical (unpaired) electrons. The minimum Gasteiger partial charge on any atom is -0.476 e. The van der Waals surface area contributed by atoms with Gasteiger partial charge >= 0.3 is 12.0 Å². The van der Waals surface area contributed by atoms with Crippen LogP contribution < -0.4 is 35.1 Å². The molecule has 0 spiro atoms. The number of carboxylic acids is 1. The number of hydrogen-bond donors (Lipinski definition) is 3. The number of pyridine rings is 2. The summed E-state index contributed by atoms with van der Waals surface area (Å²) < 4.78 is 11.7. The molecule has 0 aliphatic carbocycles. The van der Waals surface area contributed by atoms with Gasteiger partial charge in [0.15, 0.2) is 23.1 Å². The number of hydrogen-bond acceptors (Lipinski definition) is 15. The lowest BCUT2D eigenvalue weighted by molar-refractivity contribution is -0.00571. The van der Waals surface area contributed by atoms with Crippen LogP contribution in [0.3, 0.4) is 0 Å². The maximum absolute atomic E-state index is 13.2. The number of rotatable bonds is 4. The number of morpholine rings is 2. The number of aromatic carboxylic acids is 1. The molecule has 58 heavy (non-hydrogen) atoms. The van der Waals surface area contributed by atoms with Crippen LogP contribution in [0.5, 0.6) is 0 Å². The number of ether oxygens (including phenoxy) is 2. The highest BCUT2D eigenvalue weighted by molar-refractivity contribution is 6.04. The maximum Gasteiger partial charge on any atom is 0.356 e. The molecule has 4 saturated heterocycles. The molecule has 0 aromatic carbocycles. The van der Waals surface area contributed by atoms with Gasteiger partial charge in [0.1, 0.15) is 11.6 Å². The number of amides is 2. The van der Waals surface area contributed by atoms with Crippen molar-refractivity contribution in [2.24, 2.45) is 0 Å². The first-order valence-corrected chi connectivity index (χ1v) is 20.0. The number of carbonyl (C=O) groups excluding carboxylic acids is 1. The van der Waals surface area contributed by atoms with Crippen LogP contribution in [0.25, 0.3) is 0 Å². The van der Waals surface area contributed by atoms with Crippen molar-refractivity contribution in [3.63, 3.8) is 0 Å². The monoisotopic (exact) mass is 793 g/mol. The first-order chi connectivity index (χ1) is 28.1. The molecule has 18 heteroatoms. The number of urea groups is 1. The third-order valence-electron chi connectivity index (χ3n) is 11.0. The fourth-order valence-corrected chi connectivity index (χ4v) is 8.58. The molecule has 2 amide bonds. The van der Waals surface area contributed by atoms with Crippen molar-refractivity contribution in [2.75, 3.05) is 87.5 Å². The Labute approximate surface area is 337 Å². The lowest BCUT2D eigenvalue weighted by Gasteiger charge is -2.39. The Balaban J connectivity index is 0.000000139. The molecular weight excluding hydrogens is 743 g/mol. The number of carboxylic acid groups (broad SMARTS) is 1. The Hall–Kier alpha value is -5.88. The molecule has 10 rings (SSSR count). The number of nitrogens with one attached hydrogen (secondary N) is 2. The predicted octanol–water partition coefficient (Wildman–Crippen LogP) is 3.99. The van der Waals surface area contributed by atoms with E-state index in [1.54, 1.807) is 23.5 Å². The summed E-state index contributed by atoms with van der Waals surface area (Å²) in [7, 11) is 0. The van der Waals surface area contributed by atoms with E-state index >= 15 is 0 Å². The van der Waals surface area contributed by atoms with Crippen LogP contribution in [0, 0.1) is 0 Å². The second-order valence-corrected chi connectivity index (χ2v) is 15.6. The molecule has 0 unspecified atom stereocenters. The summed E-state index contributed by atoms with van der Waals surface area (Å²) in [6.07, 6.45) is 11.6. The molecule has 4 aromatic heterocycles. The zero-order chi connectivity index (χ0) is 40.3. The van der Waals surface area contributed by atoms with Crippen molar-refractivity contribution in [3.05, 3.63) is 67.1 Å². The van der Waals surface area contributed by atoms with Gasteiger partial charge in [-0.15, -0.1) is 0 Å². The Morgan fingerprint density at radius 1 is 0.707 bits per heavy atom. The number of aromatic nitrogens is 6. The number of carbonyl (C=O) groups is 2. The molecule has 4 fully saturated rings. The molecule has 4 bridgehead atoms. The van der Waals surface area contributed by atoms with Gasteiger partial charge in [-0.1, -0.05) is 0 Å². The van der Waals surface area contributed by atoms with Gasteiger partial charge < -0.3 is 39.5 Å². The second kappa shape index (κ2) is 16.9. The van der Waals surface area contributed by atoms with Crippen molar-refractivity contribution in [1.82, 2.24) is 29.9 Å². The first kappa shape index (κ1) is 39.0.